The third-order valence-corrected chi connectivity index (χ3v) is 2.39. The van der Waals surface area contributed by atoms with Gasteiger partial charge in [-0.25, -0.2) is 9.61 Å². The highest BCUT2D eigenvalue weighted by Gasteiger charge is 2.12. The van der Waals surface area contributed by atoms with Gasteiger partial charge >= 0.3 is 0 Å². The van der Waals surface area contributed by atoms with Crippen molar-refractivity contribution in [1.29, 1.82) is 5.26 Å². The van der Waals surface area contributed by atoms with Crippen LogP contribution in [0.15, 0.2) is 10.0 Å². The average molecular weight is 207 g/mol. The molecule has 0 aliphatic carbocycles. The molecule has 0 bridgehead atoms. The molecule has 0 fully saturated rings. The molecule has 2 rings (SSSR count). The summed E-state index contributed by atoms with van der Waals surface area (Å²) in [5.74, 6) is 0.207. The van der Waals surface area contributed by atoms with E-state index in [1.54, 1.807) is 5.38 Å². The summed E-state index contributed by atoms with van der Waals surface area (Å²) < 4.78 is 4.44. The lowest BCUT2D eigenvalue weighted by atomic mass is 10.3. The number of hydrogen-bond acceptors (Lipinski definition) is 7. The van der Waals surface area contributed by atoms with Crippen molar-refractivity contribution in [2.24, 2.45) is 0 Å². The number of nitrogens with zero attached hydrogens (tertiary/aromatic N) is 4. The van der Waals surface area contributed by atoms with Crippen LogP contribution in [-0.2, 0) is 6.42 Å². The van der Waals surface area contributed by atoms with Crippen molar-refractivity contribution in [1.82, 2.24) is 15.3 Å². The summed E-state index contributed by atoms with van der Waals surface area (Å²) in [6, 6.07) is 2.01. The maximum absolute atomic E-state index is 8.46. The molecule has 0 radical (unpaired) electrons. The molecule has 2 aromatic heterocycles. The summed E-state index contributed by atoms with van der Waals surface area (Å²) >= 11 is 1.38. The molecule has 2 N–H and O–H groups in total. The molecule has 2 aromatic rings. The maximum Gasteiger partial charge on any atom is 0.198 e. The molecule has 0 aromatic carbocycles. The fourth-order valence-electron chi connectivity index (χ4n) is 0.942. The highest BCUT2D eigenvalue weighted by atomic mass is 32.1. The minimum absolute atomic E-state index is 0.207. The second kappa shape index (κ2) is 3.43. The zero-order valence-electron chi connectivity index (χ0n) is 6.97. The third kappa shape index (κ3) is 1.43. The standard InChI is InChI=1S/C7H5N5OS/c8-2-1-5-10-4(3-14-5)6-7(9)12-13-11-6/h3H,1H2,(H2,9,12). The van der Waals surface area contributed by atoms with E-state index < -0.39 is 0 Å². The highest BCUT2D eigenvalue weighted by Crippen LogP contribution is 2.23. The fourth-order valence-corrected chi connectivity index (χ4v) is 1.65. The van der Waals surface area contributed by atoms with Crippen LogP contribution in [-0.4, -0.2) is 15.3 Å². The van der Waals surface area contributed by atoms with Crippen LogP contribution >= 0.6 is 11.3 Å². The van der Waals surface area contributed by atoms with Crippen molar-refractivity contribution < 1.29 is 4.63 Å². The number of thiazole rings is 1. The topological polar surface area (TPSA) is 102 Å². The summed E-state index contributed by atoms with van der Waals surface area (Å²) in [4.78, 5) is 4.16. The van der Waals surface area contributed by atoms with Crippen LogP contribution in [0.4, 0.5) is 5.82 Å². The van der Waals surface area contributed by atoms with E-state index in [0.29, 0.717) is 11.4 Å². The van der Waals surface area contributed by atoms with Gasteiger partial charge in [-0.3, -0.25) is 0 Å². The zero-order valence-corrected chi connectivity index (χ0v) is 7.78. The molecule has 0 unspecified atom stereocenters. The number of aromatic nitrogens is 3. The van der Waals surface area contributed by atoms with Crippen LogP contribution in [0, 0.1) is 11.3 Å². The predicted octanol–water partition coefficient (Wildman–Crippen LogP) is 0.841. The summed E-state index contributed by atoms with van der Waals surface area (Å²) in [6.07, 6.45) is 0.288. The first-order valence-electron chi connectivity index (χ1n) is 3.71. The van der Waals surface area contributed by atoms with E-state index in [1.165, 1.54) is 11.3 Å². The van der Waals surface area contributed by atoms with Crippen LogP contribution in [0.2, 0.25) is 0 Å². The van der Waals surface area contributed by atoms with E-state index in [1.807, 2.05) is 6.07 Å². The molecular weight excluding hydrogens is 202 g/mol. The van der Waals surface area contributed by atoms with Crippen molar-refractivity contribution in [3.8, 4) is 17.5 Å². The molecule has 6 nitrogen and oxygen atoms in total. The Kier molecular flexibility index (Phi) is 2.12. The van der Waals surface area contributed by atoms with Crippen LogP contribution in [0.5, 0.6) is 0 Å². The van der Waals surface area contributed by atoms with Crippen LogP contribution in [0.1, 0.15) is 5.01 Å². The molecule has 0 atom stereocenters. The monoisotopic (exact) mass is 207 g/mol. The van der Waals surface area contributed by atoms with Gasteiger partial charge in [-0.1, -0.05) is 0 Å². The van der Waals surface area contributed by atoms with Crippen molar-refractivity contribution in [2.45, 2.75) is 6.42 Å². The van der Waals surface area contributed by atoms with Gasteiger partial charge in [0, 0.05) is 5.38 Å². The normalized spacial score (nSPS) is 9.93. The van der Waals surface area contributed by atoms with Crippen LogP contribution in [0.25, 0.3) is 11.4 Å². The van der Waals surface area contributed by atoms with Crippen molar-refractivity contribution >= 4 is 17.2 Å². The number of nitrogen functional groups attached to an aromatic ring is 1. The Balaban J connectivity index is 2.35. The molecule has 7 heteroatoms. The van der Waals surface area contributed by atoms with Gasteiger partial charge in [-0.2, -0.15) is 5.26 Å². The SMILES string of the molecule is N#CCc1nc(-c2nonc2N)cs1. The summed E-state index contributed by atoms with van der Waals surface area (Å²) in [7, 11) is 0. The maximum atomic E-state index is 8.46. The quantitative estimate of drug-likeness (QED) is 0.782. The number of hydrogen-bond donors (Lipinski definition) is 1. The number of nitrogens with two attached hydrogens (primary N) is 1. The Labute approximate surface area is 82.9 Å². The Bertz CT molecular complexity index is 482. The van der Waals surface area contributed by atoms with Gasteiger partial charge in [-0.05, 0) is 10.3 Å². The van der Waals surface area contributed by atoms with Crippen LogP contribution < -0.4 is 5.73 Å². The second-order valence-electron chi connectivity index (χ2n) is 2.46. The fraction of sp³-hybridized carbons (Fsp3) is 0.143. The molecule has 0 aliphatic rings. The zero-order chi connectivity index (χ0) is 9.97. The molecular formula is C7H5N5OS. The molecule has 0 aliphatic heterocycles. The van der Waals surface area contributed by atoms with Gasteiger partial charge in [0.1, 0.15) is 10.7 Å². The van der Waals surface area contributed by atoms with Gasteiger partial charge in [0.05, 0.1) is 12.5 Å². The highest BCUT2D eigenvalue weighted by molar-refractivity contribution is 7.10. The second-order valence-corrected chi connectivity index (χ2v) is 3.40. The molecule has 70 valence electrons. The van der Waals surface area contributed by atoms with E-state index in [2.05, 4.69) is 19.9 Å². The molecule has 0 saturated carbocycles. The summed E-state index contributed by atoms with van der Waals surface area (Å²) in [5.41, 5.74) is 6.51. The lowest BCUT2D eigenvalue weighted by Crippen LogP contribution is -1.89. The summed E-state index contributed by atoms with van der Waals surface area (Å²) in [5, 5.41) is 18.0. The number of nitriles is 1. The number of rotatable bonds is 2. The predicted molar refractivity (Wildman–Crippen MR) is 49.1 cm³/mol. The van der Waals surface area contributed by atoms with E-state index in [0.717, 1.165) is 5.01 Å². The van der Waals surface area contributed by atoms with Gasteiger partial charge in [0.15, 0.2) is 11.5 Å². The largest absolute Gasteiger partial charge is 0.379 e. The Morgan fingerprint density at radius 3 is 3.07 bits per heavy atom. The first-order chi connectivity index (χ1) is 6.81. The third-order valence-electron chi connectivity index (χ3n) is 1.54. The lowest BCUT2D eigenvalue weighted by molar-refractivity contribution is 0.310. The van der Waals surface area contributed by atoms with Crippen LogP contribution in [0.3, 0.4) is 0 Å². The summed E-state index contributed by atoms with van der Waals surface area (Å²) in [6.45, 7) is 0. The average Bonchev–Trinajstić information content (AvgIpc) is 2.74. The number of anilines is 1. The van der Waals surface area contributed by atoms with Crippen molar-refractivity contribution in [3.63, 3.8) is 0 Å². The van der Waals surface area contributed by atoms with E-state index in [9.17, 15) is 0 Å². The van der Waals surface area contributed by atoms with Gasteiger partial charge in [0.2, 0.25) is 0 Å². The van der Waals surface area contributed by atoms with Crippen molar-refractivity contribution in [3.05, 3.63) is 10.4 Å². The first-order valence-corrected chi connectivity index (χ1v) is 4.59. The first kappa shape index (κ1) is 8.65. The lowest BCUT2D eigenvalue weighted by Gasteiger charge is -1.86. The minimum Gasteiger partial charge on any atom is -0.379 e. The smallest absolute Gasteiger partial charge is 0.198 e. The van der Waals surface area contributed by atoms with E-state index >= 15 is 0 Å². The Morgan fingerprint density at radius 1 is 1.57 bits per heavy atom. The molecule has 0 amide bonds. The van der Waals surface area contributed by atoms with E-state index in [-0.39, 0.29) is 12.2 Å². The van der Waals surface area contributed by atoms with E-state index in [4.69, 9.17) is 11.0 Å². The molecule has 14 heavy (non-hydrogen) atoms. The van der Waals surface area contributed by atoms with Gasteiger partial charge < -0.3 is 5.73 Å². The van der Waals surface area contributed by atoms with Gasteiger partial charge in [-0.15, -0.1) is 11.3 Å². The molecule has 0 saturated heterocycles. The molecule has 0 spiro atoms. The van der Waals surface area contributed by atoms with Gasteiger partial charge in [0.25, 0.3) is 0 Å². The minimum atomic E-state index is 0.207. The Hall–Kier alpha value is -1.94. The van der Waals surface area contributed by atoms with Crippen molar-refractivity contribution in [2.75, 3.05) is 5.73 Å². The molecule has 2 heterocycles. The Morgan fingerprint density at radius 2 is 2.43 bits per heavy atom.